The van der Waals surface area contributed by atoms with E-state index >= 15 is 0 Å². The molecule has 1 aromatic rings. The number of methoxy groups -OCH3 is 1. The standard InChI is InChI=1S/C9H7ClINO2/c1-14-8(13)3-2-6-7(11)4-5-12-9(6)10/h2-5H,1H3. The summed E-state index contributed by atoms with van der Waals surface area (Å²) in [6.45, 7) is 0. The number of nitrogens with zero attached hydrogens (tertiary/aromatic N) is 1. The second kappa shape index (κ2) is 5.31. The van der Waals surface area contributed by atoms with E-state index in [4.69, 9.17) is 11.6 Å². The third-order valence-corrected chi connectivity index (χ3v) is 2.72. The third kappa shape index (κ3) is 2.95. The predicted molar refractivity (Wildman–Crippen MR) is 63.0 cm³/mol. The monoisotopic (exact) mass is 323 g/mol. The van der Waals surface area contributed by atoms with E-state index in [1.54, 1.807) is 12.3 Å². The third-order valence-electron chi connectivity index (χ3n) is 1.48. The van der Waals surface area contributed by atoms with Gasteiger partial charge in [-0.15, -0.1) is 0 Å². The van der Waals surface area contributed by atoms with Crippen molar-refractivity contribution in [1.82, 2.24) is 4.98 Å². The number of hydrogen-bond donors (Lipinski definition) is 0. The number of ether oxygens (including phenoxy) is 1. The van der Waals surface area contributed by atoms with E-state index in [1.165, 1.54) is 13.2 Å². The van der Waals surface area contributed by atoms with Gasteiger partial charge in [0.1, 0.15) is 5.15 Å². The van der Waals surface area contributed by atoms with Gasteiger partial charge < -0.3 is 4.74 Å². The summed E-state index contributed by atoms with van der Waals surface area (Å²) in [6.07, 6.45) is 4.51. The van der Waals surface area contributed by atoms with E-state index in [1.807, 2.05) is 6.07 Å². The van der Waals surface area contributed by atoms with E-state index in [0.29, 0.717) is 5.15 Å². The summed E-state index contributed by atoms with van der Waals surface area (Å²) in [7, 11) is 1.32. The molecule has 0 bridgehead atoms. The van der Waals surface area contributed by atoms with Crippen molar-refractivity contribution >= 4 is 46.2 Å². The van der Waals surface area contributed by atoms with Crippen molar-refractivity contribution in [3.8, 4) is 0 Å². The Labute approximate surface area is 100 Å². The van der Waals surface area contributed by atoms with Crippen LogP contribution in [-0.4, -0.2) is 18.1 Å². The van der Waals surface area contributed by atoms with E-state index in [2.05, 4.69) is 32.3 Å². The normalized spacial score (nSPS) is 10.5. The highest BCUT2D eigenvalue weighted by molar-refractivity contribution is 14.1. The molecule has 1 heterocycles. The summed E-state index contributed by atoms with van der Waals surface area (Å²) in [5.41, 5.74) is 0.722. The number of pyridine rings is 1. The SMILES string of the molecule is COC(=O)C=Cc1c(I)ccnc1Cl. The van der Waals surface area contributed by atoms with Gasteiger partial charge in [0, 0.05) is 21.4 Å². The number of rotatable bonds is 2. The first-order chi connectivity index (χ1) is 6.65. The fraction of sp³-hybridized carbons (Fsp3) is 0.111. The van der Waals surface area contributed by atoms with Crippen molar-refractivity contribution < 1.29 is 9.53 Å². The van der Waals surface area contributed by atoms with Crippen LogP contribution in [0.1, 0.15) is 5.56 Å². The summed E-state index contributed by atoms with van der Waals surface area (Å²) in [4.78, 5) is 14.7. The van der Waals surface area contributed by atoms with Crippen LogP contribution in [0.4, 0.5) is 0 Å². The Hall–Kier alpha value is -0.620. The summed E-state index contributed by atoms with van der Waals surface area (Å²) < 4.78 is 5.39. The van der Waals surface area contributed by atoms with Crippen LogP contribution in [0.5, 0.6) is 0 Å². The van der Waals surface area contributed by atoms with Crippen LogP contribution < -0.4 is 0 Å². The van der Waals surface area contributed by atoms with Crippen molar-refractivity contribution in [2.24, 2.45) is 0 Å². The zero-order chi connectivity index (χ0) is 10.6. The highest BCUT2D eigenvalue weighted by Gasteiger charge is 2.02. The van der Waals surface area contributed by atoms with E-state index in [-0.39, 0.29) is 0 Å². The fourth-order valence-electron chi connectivity index (χ4n) is 0.794. The summed E-state index contributed by atoms with van der Waals surface area (Å²) >= 11 is 7.95. The molecule has 0 atom stereocenters. The average molecular weight is 324 g/mol. The molecular weight excluding hydrogens is 316 g/mol. The number of esters is 1. The van der Waals surface area contributed by atoms with Crippen LogP contribution >= 0.6 is 34.2 Å². The summed E-state index contributed by atoms with van der Waals surface area (Å²) in [6, 6.07) is 1.81. The first-order valence-corrected chi connectivity index (χ1v) is 5.17. The molecular formula is C9H7ClINO2. The molecule has 1 rings (SSSR count). The molecule has 0 spiro atoms. The van der Waals surface area contributed by atoms with Crippen LogP contribution in [-0.2, 0) is 9.53 Å². The lowest BCUT2D eigenvalue weighted by Crippen LogP contribution is -1.94. The molecule has 0 unspecified atom stereocenters. The Kier molecular flexibility index (Phi) is 4.34. The predicted octanol–water partition coefficient (Wildman–Crippen LogP) is 2.53. The van der Waals surface area contributed by atoms with Crippen molar-refractivity contribution in [2.75, 3.05) is 7.11 Å². The van der Waals surface area contributed by atoms with Crippen LogP contribution in [0, 0.1) is 3.57 Å². The number of halogens is 2. The molecule has 0 fully saturated rings. The van der Waals surface area contributed by atoms with Gasteiger partial charge in [-0.25, -0.2) is 9.78 Å². The van der Waals surface area contributed by atoms with Gasteiger partial charge in [0.25, 0.3) is 0 Å². The van der Waals surface area contributed by atoms with Crippen LogP contribution in [0.2, 0.25) is 5.15 Å². The Morgan fingerprint density at radius 2 is 2.43 bits per heavy atom. The second-order valence-corrected chi connectivity index (χ2v) is 3.87. The topological polar surface area (TPSA) is 39.2 Å². The van der Waals surface area contributed by atoms with Crippen LogP contribution in [0.15, 0.2) is 18.3 Å². The molecule has 0 saturated carbocycles. The lowest BCUT2D eigenvalue weighted by molar-refractivity contribution is -0.134. The molecule has 0 saturated heterocycles. The lowest BCUT2D eigenvalue weighted by atomic mass is 10.2. The Morgan fingerprint density at radius 3 is 3.00 bits per heavy atom. The molecule has 5 heteroatoms. The van der Waals surface area contributed by atoms with Gasteiger partial charge in [0.15, 0.2) is 0 Å². The van der Waals surface area contributed by atoms with E-state index in [9.17, 15) is 4.79 Å². The molecule has 1 aromatic heterocycles. The van der Waals surface area contributed by atoms with Crippen LogP contribution in [0.3, 0.4) is 0 Å². The van der Waals surface area contributed by atoms with Gasteiger partial charge in [-0.3, -0.25) is 0 Å². The maximum absolute atomic E-state index is 10.8. The first-order valence-electron chi connectivity index (χ1n) is 3.71. The first kappa shape index (κ1) is 11.5. The van der Waals surface area contributed by atoms with E-state index < -0.39 is 5.97 Å². The van der Waals surface area contributed by atoms with Gasteiger partial charge in [-0.1, -0.05) is 11.6 Å². The average Bonchev–Trinajstić information content (AvgIpc) is 2.16. The van der Waals surface area contributed by atoms with Gasteiger partial charge in [-0.05, 0) is 34.7 Å². The molecule has 0 aliphatic carbocycles. The van der Waals surface area contributed by atoms with Gasteiger partial charge in [0.05, 0.1) is 7.11 Å². The van der Waals surface area contributed by atoms with Crippen molar-refractivity contribution in [2.45, 2.75) is 0 Å². The molecule has 0 aromatic carbocycles. The smallest absolute Gasteiger partial charge is 0.330 e. The lowest BCUT2D eigenvalue weighted by Gasteiger charge is -1.99. The summed E-state index contributed by atoms with van der Waals surface area (Å²) in [5, 5.41) is 0.372. The molecule has 74 valence electrons. The maximum atomic E-state index is 10.8. The Balaban J connectivity index is 2.96. The van der Waals surface area contributed by atoms with Gasteiger partial charge in [0.2, 0.25) is 0 Å². The largest absolute Gasteiger partial charge is 0.466 e. The zero-order valence-electron chi connectivity index (χ0n) is 7.33. The van der Waals surface area contributed by atoms with Crippen molar-refractivity contribution in [3.63, 3.8) is 0 Å². The Morgan fingerprint density at radius 1 is 1.71 bits per heavy atom. The van der Waals surface area contributed by atoms with Gasteiger partial charge >= 0.3 is 5.97 Å². The number of carbonyl (C=O) groups is 1. The second-order valence-electron chi connectivity index (χ2n) is 2.35. The number of hydrogen-bond acceptors (Lipinski definition) is 3. The van der Waals surface area contributed by atoms with Crippen molar-refractivity contribution in [1.29, 1.82) is 0 Å². The molecule has 0 N–H and O–H groups in total. The molecule has 0 amide bonds. The minimum absolute atomic E-state index is 0.372. The molecule has 0 aliphatic rings. The minimum Gasteiger partial charge on any atom is -0.466 e. The zero-order valence-corrected chi connectivity index (χ0v) is 10.2. The fourth-order valence-corrected chi connectivity index (χ4v) is 1.77. The quantitative estimate of drug-likeness (QED) is 0.363. The van der Waals surface area contributed by atoms with Gasteiger partial charge in [-0.2, -0.15) is 0 Å². The highest BCUT2D eigenvalue weighted by Crippen LogP contribution is 2.20. The number of carbonyl (C=O) groups excluding carboxylic acids is 1. The number of aromatic nitrogens is 1. The highest BCUT2D eigenvalue weighted by atomic mass is 127. The minimum atomic E-state index is -0.416. The summed E-state index contributed by atoms with van der Waals surface area (Å²) in [5.74, 6) is -0.416. The van der Waals surface area contributed by atoms with E-state index in [0.717, 1.165) is 9.13 Å². The molecule has 3 nitrogen and oxygen atoms in total. The maximum Gasteiger partial charge on any atom is 0.330 e. The molecule has 0 radical (unpaired) electrons. The molecule has 0 aliphatic heterocycles. The van der Waals surface area contributed by atoms with Crippen molar-refractivity contribution in [3.05, 3.63) is 32.6 Å². The Bertz CT molecular complexity index is 359. The van der Waals surface area contributed by atoms with Crippen LogP contribution in [0.25, 0.3) is 6.08 Å². The molecule has 14 heavy (non-hydrogen) atoms.